The van der Waals surface area contributed by atoms with E-state index >= 15 is 0 Å². The first-order valence-corrected chi connectivity index (χ1v) is 5.86. The zero-order valence-electron chi connectivity index (χ0n) is 8.32. The van der Waals surface area contributed by atoms with E-state index in [2.05, 4.69) is 0 Å². The molecule has 2 nitrogen and oxygen atoms in total. The monoisotopic (exact) mass is 209 g/mol. The zero-order valence-corrected chi connectivity index (χ0v) is 9.14. The van der Waals surface area contributed by atoms with Crippen LogP contribution in [0, 0.1) is 5.41 Å². The number of thiophene rings is 1. The molecule has 1 saturated carbocycles. The molecule has 0 spiro atoms. The zero-order chi connectivity index (χ0) is 10.2. The maximum atomic E-state index is 12.2. The minimum atomic E-state index is -0.315. The molecular formula is C11H15NOS. The number of ketones is 1. The Morgan fingerprint density at radius 3 is 3.00 bits per heavy atom. The van der Waals surface area contributed by atoms with Crippen LogP contribution in [0.2, 0.25) is 0 Å². The summed E-state index contributed by atoms with van der Waals surface area (Å²) in [5.41, 5.74) is 5.69. The molecule has 0 aliphatic heterocycles. The third-order valence-corrected chi connectivity index (χ3v) is 4.16. The Morgan fingerprint density at radius 1 is 1.71 bits per heavy atom. The van der Waals surface area contributed by atoms with E-state index < -0.39 is 0 Å². The molecule has 0 bridgehead atoms. The summed E-state index contributed by atoms with van der Waals surface area (Å²) in [6.07, 6.45) is 2.99. The molecule has 2 unspecified atom stereocenters. The second kappa shape index (κ2) is 3.48. The molecule has 1 aromatic heterocycles. The first kappa shape index (κ1) is 9.87. The molecular weight excluding hydrogens is 194 g/mol. The number of hydrogen-bond donors (Lipinski definition) is 1. The van der Waals surface area contributed by atoms with Gasteiger partial charge in [-0.3, -0.25) is 4.79 Å². The van der Waals surface area contributed by atoms with Crippen molar-refractivity contribution in [1.82, 2.24) is 0 Å². The van der Waals surface area contributed by atoms with Crippen molar-refractivity contribution >= 4 is 17.1 Å². The van der Waals surface area contributed by atoms with Crippen molar-refractivity contribution < 1.29 is 4.79 Å². The quantitative estimate of drug-likeness (QED) is 0.760. The Kier molecular flexibility index (Phi) is 2.45. The molecule has 1 aromatic rings. The summed E-state index contributed by atoms with van der Waals surface area (Å²) in [7, 11) is 0. The second-order valence-electron chi connectivity index (χ2n) is 4.22. The maximum absolute atomic E-state index is 12.2. The van der Waals surface area contributed by atoms with Crippen LogP contribution in [0.4, 0.5) is 0 Å². The van der Waals surface area contributed by atoms with Crippen molar-refractivity contribution in [2.75, 3.05) is 0 Å². The summed E-state index contributed by atoms with van der Waals surface area (Å²) < 4.78 is 0. The average Bonchev–Trinajstić information content (AvgIpc) is 2.77. The topological polar surface area (TPSA) is 43.1 Å². The average molecular weight is 209 g/mol. The van der Waals surface area contributed by atoms with E-state index in [1.807, 2.05) is 24.4 Å². The lowest BCUT2D eigenvalue weighted by atomic mass is 9.80. The highest BCUT2D eigenvalue weighted by Gasteiger charge is 2.43. The highest BCUT2D eigenvalue weighted by Crippen LogP contribution is 2.40. The van der Waals surface area contributed by atoms with E-state index in [1.54, 1.807) is 0 Å². The molecule has 76 valence electrons. The molecule has 1 aliphatic carbocycles. The highest BCUT2D eigenvalue weighted by molar-refractivity contribution is 7.12. The first-order valence-electron chi connectivity index (χ1n) is 4.98. The van der Waals surface area contributed by atoms with Crippen LogP contribution in [-0.2, 0) is 0 Å². The van der Waals surface area contributed by atoms with E-state index in [1.165, 1.54) is 11.3 Å². The predicted molar refractivity (Wildman–Crippen MR) is 58.6 cm³/mol. The van der Waals surface area contributed by atoms with E-state index in [-0.39, 0.29) is 17.2 Å². The maximum Gasteiger partial charge on any atom is 0.180 e. The van der Waals surface area contributed by atoms with Crippen molar-refractivity contribution in [3.8, 4) is 0 Å². The lowest BCUT2D eigenvalue weighted by molar-refractivity contribution is 0.0807. The summed E-state index contributed by atoms with van der Waals surface area (Å²) >= 11 is 1.51. The van der Waals surface area contributed by atoms with Crippen LogP contribution in [0.15, 0.2) is 17.5 Å². The third kappa shape index (κ3) is 1.41. The van der Waals surface area contributed by atoms with E-state index in [9.17, 15) is 4.79 Å². The lowest BCUT2D eigenvalue weighted by Gasteiger charge is -2.26. The number of Topliss-reactive ketones (excluding diaryl/α,β-unsaturated/α-hetero) is 1. The van der Waals surface area contributed by atoms with Gasteiger partial charge >= 0.3 is 0 Å². The first-order chi connectivity index (χ1) is 6.64. The fourth-order valence-corrected chi connectivity index (χ4v) is 2.97. The van der Waals surface area contributed by atoms with Crippen LogP contribution < -0.4 is 5.73 Å². The molecule has 3 heteroatoms. The molecule has 1 heterocycles. The van der Waals surface area contributed by atoms with Gasteiger partial charge in [-0.1, -0.05) is 19.4 Å². The van der Waals surface area contributed by atoms with E-state index in [0.29, 0.717) is 0 Å². The Morgan fingerprint density at radius 2 is 2.50 bits per heavy atom. The highest BCUT2D eigenvalue weighted by atomic mass is 32.1. The van der Waals surface area contributed by atoms with Gasteiger partial charge in [0.05, 0.1) is 4.88 Å². The summed E-state index contributed by atoms with van der Waals surface area (Å²) in [6, 6.07) is 3.85. The lowest BCUT2D eigenvalue weighted by Crippen LogP contribution is -2.40. The smallest absolute Gasteiger partial charge is 0.180 e. The molecule has 1 aliphatic rings. The number of carbonyl (C=O) groups excluding carboxylic acids is 1. The van der Waals surface area contributed by atoms with Crippen LogP contribution in [0.3, 0.4) is 0 Å². The van der Waals surface area contributed by atoms with E-state index in [0.717, 1.165) is 24.1 Å². The molecule has 14 heavy (non-hydrogen) atoms. The fourth-order valence-electron chi connectivity index (χ4n) is 2.16. The van der Waals surface area contributed by atoms with E-state index in [4.69, 9.17) is 5.73 Å². The Balaban J connectivity index is 2.27. The minimum Gasteiger partial charge on any atom is -0.327 e. The number of nitrogens with two attached hydrogens (primary N) is 1. The van der Waals surface area contributed by atoms with Gasteiger partial charge in [0.15, 0.2) is 5.78 Å². The molecule has 0 saturated heterocycles. The largest absolute Gasteiger partial charge is 0.327 e. The van der Waals surface area contributed by atoms with Crippen molar-refractivity contribution in [3.05, 3.63) is 22.4 Å². The van der Waals surface area contributed by atoms with Gasteiger partial charge in [0.2, 0.25) is 0 Å². The van der Waals surface area contributed by atoms with Gasteiger partial charge in [-0.25, -0.2) is 0 Å². The van der Waals surface area contributed by atoms with Crippen LogP contribution >= 0.6 is 11.3 Å². The number of hydrogen-bond acceptors (Lipinski definition) is 3. The van der Waals surface area contributed by atoms with Crippen molar-refractivity contribution in [2.24, 2.45) is 11.1 Å². The van der Waals surface area contributed by atoms with Crippen LogP contribution in [0.5, 0.6) is 0 Å². The van der Waals surface area contributed by atoms with Gasteiger partial charge < -0.3 is 5.73 Å². The summed E-state index contributed by atoms with van der Waals surface area (Å²) in [4.78, 5) is 13.0. The normalized spacial score (nSPS) is 32.0. The molecule has 0 amide bonds. The Hall–Kier alpha value is -0.670. The minimum absolute atomic E-state index is 0.0390. The Bertz CT molecular complexity index is 333. The van der Waals surface area contributed by atoms with Gasteiger partial charge in [-0.05, 0) is 24.3 Å². The number of carbonyl (C=O) groups is 1. The van der Waals surface area contributed by atoms with Gasteiger partial charge in [0.1, 0.15) is 0 Å². The van der Waals surface area contributed by atoms with Gasteiger partial charge in [0.25, 0.3) is 0 Å². The fraction of sp³-hybridized carbons (Fsp3) is 0.545. The second-order valence-corrected chi connectivity index (χ2v) is 5.17. The molecule has 2 N–H and O–H groups in total. The van der Waals surface area contributed by atoms with Crippen molar-refractivity contribution in [1.29, 1.82) is 0 Å². The van der Waals surface area contributed by atoms with Crippen LogP contribution in [-0.4, -0.2) is 11.8 Å². The third-order valence-electron chi connectivity index (χ3n) is 3.29. The molecule has 0 radical (unpaired) electrons. The van der Waals surface area contributed by atoms with Crippen LogP contribution in [0.25, 0.3) is 0 Å². The molecule has 0 aromatic carbocycles. The Labute approximate surface area is 88.1 Å². The molecule has 1 fully saturated rings. The number of rotatable bonds is 2. The molecule has 2 rings (SSSR count). The SMILES string of the molecule is CC1(C(=O)c2cccs2)CCCC1N. The van der Waals surface area contributed by atoms with Crippen LogP contribution in [0.1, 0.15) is 35.9 Å². The van der Waals surface area contributed by atoms with Crippen molar-refractivity contribution in [3.63, 3.8) is 0 Å². The van der Waals surface area contributed by atoms with Crippen molar-refractivity contribution in [2.45, 2.75) is 32.2 Å². The van der Waals surface area contributed by atoms with Gasteiger partial charge in [-0.15, -0.1) is 11.3 Å². The summed E-state index contributed by atoms with van der Waals surface area (Å²) in [6.45, 7) is 2.01. The summed E-state index contributed by atoms with van der Waals surface area (Å²) in [5.74, 6) is 0.234. The predicted octanol–water partition coefficient (Wildman–Crippen LogP) is 2.45. The summed E-state index contributed by atoms with van der Waals surface area (Å²) in [5, 5.41) is 1.94. The standard InChI is InChI=1S/C11H15NOS/c1-11(6-2-5-9(11)12)10(13)8-4-3-7-14-8/h3-4,7,9H,2,5-6,12H2,1H3. The molecule has 2 atom stereocenters. The van der Waals surface area contributed by atoms with Gasteiger partial charge in [-0.2, -0.15) is 0 Å². The van der Waals surface area contributed by atoms with Gasteiger partial charge in [0, 0.05) is 11.5 Å².